The largest absolute Gasteiger partial charge is 0.481 e. The number of halogens is 1. The second-order valence-electron chi connectivity index (χ2n) is 6.51. The third-order valence-corrected chi connectivity index (χ3v) is 4.81. The summed E-state index contributed by atoms with van der Waals surface area (Å²) in [5.41, 5.74) is 9.94. The van der Waals surface area contributed by atoms with Gasteiger partial charge in [0.25, 0.3) is 0 Å². The van der Waals surface area contributed by atoms with Crippen LogP contribution in [0.25, 0.3) is 33.3 Å². The van der Waals surface area contributed by atoms with Crippen LogP contribution in [-0.2, 0) is 0 Å². The molecular formula is C23H17FN4O2. The number of hydrogen-bond donors (Lipinski definition) is 1. The van der Waals surface area contributed by atoms with Crippen LogP contribution >= 0.6 is 0 Å². The molecule has 0 radical (unpaired) electrons. The van der Waals surface area contributed by atoms with Crippen molar-refractivity contribution >= 4 is 16.6 Å². The van der Waals surface area contributed by atoms with Gasteiger partial charge in [-0.2, -0.15) is 10.2 Å². The van der Waals surface area contributed by atoms with Crippen molar-refractivity contribution in [2.45, 2.75) is 0 Å². The molecule has 4 rings (SSSR count). The summed E-state index contributed by atoms with van der Waals surface area (Å²) in [5, 5.41) is 10.1. The van der Waals surface area contributed by atoms with Crippen molar-refractivity contribution in [1.82, 2.24) is 9.97 Å². The van der Waals surface area contributed by atoms with E-state index in [9.17, 15) is 9.65 Å². The molecule has 0 unspecified atom stereocenters. The number of aromatic nitrogens is 2. The predicted octanol–water partition coefficient (Wildman–Crippen LogP) is 4.57. The van der Waals surface area contributed by atoms with Gasteiger partial charge in [0.05, 0.1) is 31.1 Å². The lowest BCUT2D eigenvalue weighted by Crippen LogP contribution is -1.99. The molecule has 6 nitrogen and oxygen atoms in total. The summed E-state index contributed by atoms with van der Waals surface area (Å²) in [6, 6.07) is 17.3. The summed E-state index contributed by atoms with van der Waals surface area (Å²) in [7, 11) is 3.09. The van der Waals surface area contributed by atoms with Crippen LogP contribution in [-0.4, -0.2) is 24.2 Å². The molecule has 0 bridgehead atoms. The molecule has 0 saturated carbocycles. The third kappa shape index (κ3) is 3.25. The van der Waals surface area contributed by atoms with Crippen LogP contribution in [0.2, 0.25) is 0 Å². The number of methoxy groups -OCH3 is 2. The van der Waals surface area contributed by atoms with Crippen molar-refractivity contribution in [1.29, 1.82) is 5.26 Å². The molecule has 2 heterocycles. The van der Waals surface area contributed by atoms with Crippen LogP contribution in [0.5, 0.6) is 11.8 Å². The highest BCUT2D eigenvalue weighted by Crippen LogP contribution is 2.35. The van der Waals surface area contributed by atoms with Gasteiger partial charge in [0.1, 0.15) is 17.4 Å². The number of ether oxygens (including phenoxy) is 2. The molecule has 0 aliphatic rings. The van der Waals surface area contributed by atoms with Crippen molar-refractivity contribution < 1.29 is 13.9 Å². The van der Waals surface area contributed by atoms with Crippen LogP contribution in [0.3, 0.4) is 0 Å². The average molecular weight is 400 g/mol. The summed E-state index contributed by atoms with van der Waals surface area (Å²) in [5.74, 6) is 0.465. The van der Waals surface area contributed by atoms with E-state index < -0.39 is 5.82 Å². The van der Waals surface area contributed by atoms with Gasteiger partial charge in [0.2, 0.25) is 11.8 Å². The van der Waals surface area contributed by atoms with Gasteiger partial charge in [-0.3, -0.25) is 0 Å². The SMILES string of the molecule is COc1ccc(-c2ccc(-c3nc4ccc(F)cc4c(N)c3C#N)cc2)c(OC)n1. The molecule has 0 aliphatic carbocycles. The normalized spacial score (nSPS) is 10.6. The summed E-state index contributed by atoms with van der Waals surface area (Å²) in [4.78, 5) is 8.85. The van der Waals surface area contributed by atoms with Crippen molar-refractivity contribution in [3.8, 4) is 40.2 Å². The summed E-state index contributed by atoms with van der Waals surface area (Å²) >= 11 is 0. The minimum absolute atomic E-state index is 0.210. The molecule has 2 N–H and O–H groups in total. The van der Waals surface area contributed by atoms with Crippen molar-refractivity contribution in [2.75, 3.05) is 20.0 Å². The Bertz CT molecular complexity index is 1300. The predicted molar refractivity (Wildman–Crippen MR) is 113 cm³/mol. The molecule has 2 aromatic heterocycles. The molecule has 148 valence electrons. The first kappa shape index (κ1) is 19.2. The first-order valence-electron chi connectivity index (χ1n) is 9.04. The van der Waals surface area contributed by atoms with E-state index in [1.165, 1.54) is 12.1 Å². The smallest absolute Gasteiger partial charge is 0.224 e. The zero-order chi connectivity index (χ0) is 21.3. The molecule has 7 heteroatoms. The Kier molecular flexibility index (Phi) is 4.90. The van der Waals surface area contributed by atoms with E-state index in [1.54, 1.807) is 26.4 Å². The number of fused-ring (bicyclic) bond motifs is 1. The monoisotopic (exact) mass is 400 g/mol. The number of benzene rings is 2. The molecule has 0 saturated heterocycles. The fraction of sp³-hybridized carbons (Fsp3) is 0.0870. The van der Waals surface area contributed by atoms with E-state index in [1.807, 2.05) is 30.3 Å². The topological polar surface area (TPSA) is 94.1 Å². The van der Waals surface area contributed by atoms with Gasteiger partial charge in [-0.1, -0.05) is 24.3 Å². The van der Waals surface area contributed by atoms with Gasteiger partial charge in [0, 0.05) is 22.6 Å². The lowest BCUT2D eigenvalue weighted by Gasteiger charge is -2.12. The quantitative estimate of drug-likeness (QED) is 0.539. The average Bonchev–Trinajstić information content (AvgIpc) is 2.79. The van der Waals surface area contributed by atoms with E-state index in [-0.39, 0.29) is 11.3 Å². The van der Waals surface area contributed by atoms with Gasteiger partial charge < -0.3 is 15.2 Å². The number of nitrogen functional groups attached to an aromatic ring is 1. The Morgan fingerprint density at radius 1 is 0.933 bits per heavy atom. The number of nitrogens with zero attached hydrogens (tertiary/aromatic N) is 3. The Labute approximate surface area is 172 Å². The zero-order valence-electron chi connectivity index (χ0n) is 16.3. The van der Waals surface area contributed by atoms with Gasteiger partial charge in [-0.05, 0) is 29.8 Å². The standard InChI is InChI=1S/C23H17FN4O2/c1-29-20-10-8-16(23(28-20)30-2)13-3-5-14(6-4-13)22-18(12-25)21(26)17-11-15(24)7-9-19(17)27-22/h3-11H,1-2H3,(H2,26,27). The molecule has 0 fully saturated rings. The van der Waals surface area contributed by atoms with Crippen LogP contribution < -0.4 is 15.2 Å². The van der Waals surface area contributed by atoms with Crippen LogP contribution in [0.1, 0.15) is 5.56 Å². The maximum Gasteiger partial charge on any atom is 0.224 e. The number of nitrogens with two attached hydrogens (primary N) is 1. The Hall–Kier alpha value is -4.18. The number of anilines is 1. The fourth-order valence-corrected chi connectivity index (χ4v) is 3.30. The van der Waals surface area contributed by atoms with Crippen LogP contribution in [0, 0.1) is 17.1 Å². The highest BCUT2D eigenvalue weighted by Gasteiger charge is 2.16. The third-order valence-electron chi connectivity index (χ3n) is 4.81. The Balaban J connectivity index is 1.81. The van der Waals surface area contributed by atoms with E-state index >= 15 is 0 Å². The number of pyridine rings is 2. The summed E-state index contributed by atoms with van der Waals surface area (Å²) in [6.07, 6.45) is 0. The molecular weight excluding hydrogens is 383 g/mol. The Morgan fingerprint density at radius 2 is 1.67 bits per heavy atom. The summed E-state index contributed by atoms with van der Waals surface area (Å²) < 4.78 is 24.1. The zero-order valence-corrected chi connectivity index (χ0v) is 16.3. The van der Waals surface area contributed by atoms with Gasteiger partial charge >= 0.3 is 0 Å². The van der Waals surface area contributed by atoms with Crippen LogP contribution in [0.4, 0.5) is 10.1 Å². The fourth-order valence-electron chi connectivity index (χ4n) is 3.30. The Morgan fingerprint density at radius 3 is 2.33 bits per heavy atom. The summed E-state index contributed by atoms with van der Waals surface area (Å²) in [6.45, 7) is 0. The maximum absolute atomic E-state index is 13.6. The number of hydrogen-bond acceptors (Lipinski definition) is 6. The molecule has 0 spiro atoms. The molecule has 2 aromatic carbocycles. The molecule has 0 aliphatic heterocycles. The maximum atomic E-state index is 13.6. The highest BCUT2D eigenvalue weighted by atomic mass is 19.1. The van der Waals surface area contributed by atoms with E-state index in [0.717, 1.165) is 11.1 Å². The second kappa shape index (κ2) is 7.68. The van der Waals surface area contributed by atoms with Crippen molar-refractivity contribution in [2.24, 2.45) is 0 Å². The van der Waals surface area contributed by atoms with E-state index in [0.29, 0.717) is 33.9 Å². The number of nitriles is 1. The minimum atomic E-state index is -0.431. The van der Waals surface area contributed by atoms with Gasteiger partial charge in [0.15, 0.2) is 0 Å². The number of rotatable bonds is 4. The highest BCUT2D eigenvalue weighted by molar-refractivity contribution is 5.97. The lowest BCUT2D eigenvalue weighted by atomic mass is 9.99. The molecule has 0 atom stereocenters. The molecule has 4 aromatic rings. The van der Waals surface area contributed by atoms with Crippen LogP contribution in [0.15, 0.2) is 54.6 Å². The van der Waals surface area contributed by atoms with Crippen molar-refractivity contribution in [3.05, 3.63) is 66.0 Å². The van der Waals surface area contributed by atoms with Gasteiger partial charge in [-0.25, -0.2) is 9.37 Å². The minimum Gasteiger partial charge on any atom is -0.481 e. The second-order valence-corrected chi connectivity index (χ2v) is 6.51. The van der Waals surface area contributed by atoms with E-state index in [2.05, 4.69) is 16.0 Å². The van der Waals surface area contributed by atoms with E-state index in [4.69, 9.17) is 15.2 Å². The molecule has 30 heavy (non-hydrogen) atoms. The molecule has 0 amide bonds. The van der Waals surface area contributed by atoms with Gasteiger partial charge in [-0.15, -0.1) is 0 Å². The first-order chi connectivity index (χ1) is 14.5. The lowest BCUT2D eigenvalue weighted by molar-refractivity contribution is 0.366. The first-order valence-corrected chi connectivity index (χ1v) is 9.04. The van der Waals surface area contributed by atoms with Crippen molar-refractivity contribution in [3.63, 3.8) is 0 Å².